The van der Waals surface area contributed by atoms with Crippen LogP contribution in [0.5, 0.6) is 0 Å². The van der Waals surface area contributed by atoms with Gasteiger partial charge in [0.1, 0.15) is 30.2 Å². The van der Waals surface area contributed by atoms with Crippen LogP contribution in [0.2, 0.25) is 0 Å². The summed E-state index contributed by atoms with van der Waals surface area (Å²) < 4.78 is 7.43. The molecule has 11 heteroatoms. The minimum Gasteiger partial charge on any atom is -0.388 e. The summed E-state index contributed by atoms with van der Waals surface area (Å²) in [5, 5.41) is 23.8. The number of imidazole rings is 1. The Hall–Kier alpha value is -2.34. The normalized spacial score (nSPS) is 28.6. The Morgan fingerprint density at radius 1 is 1.25 bits per heavy atom. The lowest BCUT2D eigenvalue weighted by molar-refractivity contribution is -0.158. The maximum absolute atomic E-state index is 12.2. The quantitative estimate of drug-likeness (QED) is 0.458. The van der Waals surface area contributed by atoms with E-state index in [-0.39, 0.29) is 24.9 Å². The number of nitrogens with two attached hydrogens (primary N) is 1. The van der Waals surface area contributed by atoms with Crippen LogP contribution in [0.3, 0.4) is 0 Å². The topological polar surface area (TPSA) is 152 Å². The van der Waals surface area contributed by atoms with Crippen molar-refractivity contribution in [3.63, 3.8) is 0 Å². The first-order chi connectivity index (χ1) is 13.5. The third kappa shape index (κ3) is 3.78. The van der Waals surface area contributed by atoms with Gasteiger partial charge in [0.25, 0.3) is 0 Å². The van der Waals surface area contributed by atoms with Crippen molar-refractivity contribution in [3.05, 3.63) is 12.7 Å². The van der Waals surface area contributed by atoms with Gasteiger partial charge in [-0.2, -0.15) is 0 Å². The summed E-state index contributed by atoms with van der Waals surface area (Å²) in [6.45, 7) is 2.44. The highest BCUT2D eigenvalue weighted by Gasteiger charge is 2.39. The number of fused-ring (bicyclic) bond motifs is 1. The molecule has 0 radical (unpaired) electrons. The SMILES string of the molecule is Nc1ncnc2ncn(C[C@H]3OC[C@@H](NC(=O)CN4CCCC4)[C@H](O)[C@@H]3O)c12. The molecule has 0 unspecified atom stereocenters. The summed E-state index contributed by atoms with van der Waals surface area (Å²) in [7, 11) is 0. The van der Waals surface area contributed by atoms with Crippen molar-refractivity contribution in [2.45, 2.75) is 43.7 Å². The third-order valence-corrected chi connectivity index (χ3v) is 5.36. The van der Waals surface area contributed by atoms with Crippen LogP contribution in [0.25, 0.3) is 11.2 Å². The molecule has 5 N–H and O–H groups in total. The van der Waals surface area contributed by atoms with Gasteiger partial charge >= 0.3 is 0 Å². The molecule has 2 aliphatic rings. The van der Waals surface area contributed by atoms with Crippen molar-refractivity contribution in [1.82, 2.24) is 29.7 Å². The van der Waals surface area contributed by atoms with E-state index in [4.69, 9.17) is 10.5 Å². The molecule has 4 heterocycles. The fraction of sp³-hybridized carbons (Fsp3) is 0.647. The van der Waals surface area contributed by atoms with Crippen LogP contribution < -0.4 is 11.1 Å². The van der Waals surface area contributed by atoms with Gasteiger partial charge in [-0.05, 0) is 25.9 Å². The average molecular weight is 391 g/mol. The maximum Gasteiger partial charge on any atom is 0.234 e. The predicted molar refractivity (Wildman–Crippen MR) is 99.1 cm³/mol. The molecule has 11 nitrogen and oxygen atoms in total. The van der Waals surface area contributed by atoms with Gasteiger partial charge in [-0.3, -0.25) is 9.69 Å². The van der Waals surface area contributed by atoms with E-state index in [0.29, 0.717) is 17.7 Å². The number of carbonyl (C=O) groups is 1. The van der Waals surface area contributed by atoms with Gasteiger partial charge in [-0.15, -0.1) is 0 Å². The number of rotatable bonds is 5. The minimum absolute atomic E-state index is 0.104. The van der Waals surface area contributed by atoms with Crippen LogP contribution in [0.1, 0.15) is 12.8 Å². The summed E-state index contributed by atoms with van der Waals surface area (Å²) in [5.41, 5.74) is 6.90. The molecule has 0 aromatic carbocycles. The highest BCUT2D eigenvalue weighted by atomic mass is 16.5. The molecule has 0 bridgehead atoms. The van der Waals surface area contributed by atoms with E-state index in [9.17, 15) is 15.0 Å². The standard InChI is InChI=1S/C17H25N7O4/c18-16-13-17(20-8-19-16)21-9-24(13)5-11-15(27)14(26)10(7-28-11)22-12(25)6-23-3-1-2-4-23/h8-11,14-15,26-27H,1-7H2,(H,22,25)(H2,18,19,20)/t10-,11-,14+,15-/m1/s1. The third-order valence-electron chi connectivity index (χ3n) is 5.36. The number of hydrogen-bond donors (Lipinski definition) is 4. The van der Waals surface area contributed by atoms with Crippen molar-refractivity contribution in [2.24, 2.45) is 0 Å². The number of nitrogens with zero attached hydrogens (tertiary/aromatic N) is 5. The number of aliphatic hydroxyl groups excluding tert-OH is 2. The minimum atomic E-state index is -1.17. The molecule has 0 spiro atoms. The smallest absolute Gasteiger partial charge is 0.234 e. The Morgan fingerprint density at radius 2 is 2.04 bits per heavy atom. The van der Waals surface area contributed by atoms with Crippen LogP contribution in [0.15, 0.2) is 12.7 Å². The Labute approximate surface area is 161 Å². The average Bonchev–Trinajstić information content (AvgIpc) is 3.32. The first-order valence-corrected chi connectivity index (χ1v) is 9.43. The predicted octanol–water partition coefficient (Wildman–Crippen LogP) is -1.89. The van der Waals surface area contributed by atoms with Crippen molar-refractivity contribution in [1.29, 1.82) is 0 Å². The highest BCUT2D eigenvalue weighted by molar-refractivity contribution is 5.81. The number of carbonyl (C=O) groups excluding carboxylic acids is 1. The van der Waals surface area contributed by atoms with Crippen molar-refractivity contribution >= 4 is 22.9 Å². The van der Waals surface area contributed by atoms with Crippen LogP contribution in [0.4, 0.5) is 5.82 Å². The number of likely N-dealkylation sites (tertiary alicyclic amines) is 1. The molecule has 28 heavy (non-hydrogen) atoms. The van der Waals surface area contributed by atoms with Crippen LogP contribution in [-0.4, -0.2) is 91.1 Å². The summed E-state index contributed by atoms with van der Waals surface area (Å²) in [6, 6.07) is -0.658. The van der Waals surface area contributed by atoms with E-state index in [0.717, 1.165) is 25.9 Å². The van der Waals surface area contributed by atoms with Gasteiger partial charge < -0.3 is 30.6 Å². The van der Waals surface area contributed by atoms with E-state index in [1.165, 1.54) is 6.33 Å². The van der Waals surface area contributed by atoms with Gasteiger partial charge in [0.2, 0.25) is 5.91 Å². The van der Waals surface area contributed by atoms with Crippen LogP contribution >= 0.6 is 0 Å². The maximum atomic E-state index is 12.2. The number of nitrogens with one attached hydrogen (secondary N) is 1. The van der Waals surface area contributed by atoms with E-state index >= 15 is 0 Å². The molecule has 152 valence electrons. The Kier molecular flexibility index (Phi) is 5.40. The first-order valence-electron chi connectivity index (χ1n) is 9.43. The molecular formula is C17H25N7O4. The lowest BCUT2D eigenvalue weighted by atomic mass is 9.97. The second-order valence-corrected chi connectivity index (χ2v) is 7.34. The number of anilines is 1. The molecule has 0 aliphatic carbocycles. The van der Waals surface area contributed by atoms with Crippen LogP contribution in [0, 0.1) is 0 Å². The fourth-order valence-electron chi connectivity index (χ4n) is 3.83. The molecule has 2 aromatic heterocycles. The monoisotopic (exact) mass is 391 g/mol. The second kappa shape index (κ2) is 7.95. The number of hydrogen-bond acceptors (Lipinski definition) is 9. The van der Waals surface area contributed by atoms with Crippen molar-refractivity contribution in [3.8, 4) is 0 Å². The number of amides is 1. The molecule has 2 aromatic rings. The van der Waals surface area contributed by atoms with Crippen LogP contribution in [-0.2, 0) is 16.1 Å². The number of aliphatic hydroxyl groups is 2. The molecule has 2 saturated heterocycles. The number of nitrogen functional groups attached to an aromatic ring is 1. The number of ether oxygens (including phenoxy) is 1. The zero-order valence-corrected chi connectivity index (χ0v) is 15.4. The molecule has 2 fully saturated rings. The van der Waals surface area contributed by atoms with E-state index in [1.807, 2.05) is 0 Å². The molecule has 1 amide bonds. The zero-order chi connectivity index (χ0) is 19.7. The largest absolute Gasteiger partial charge is 0.388 e. The van der Waals surface area contributed by atoms with E-state index < -0.39 is 24.4 Å². The zero-order valence-electron chi connectivity index (χ0n) is 15.4. The van der Waals surface area contributed by atoms with Gasteiger partial charge in [0.15, 0.2) is 11.5 Å². The number of aromatic nitrogens is 4. The Bertz CT molecular complexity index is 838. The lowest BCUT2D eigenvalue weighted by Crippen LogP contribution is -2.60. The molecule has 4 atom stereocenters. The fourth-order valence-corrected chi connectivity index (χ4v) is 3.83. The summed E-state index contributed by atoms with van der Waals surface area (Å²) >= 11 is 0. The van der Waals surface area contributed by atoms with Gasteiger partial charge in [-0.1, -0.05) is 0 Å². The van der Waals surface area contributed by atoms with Gasteiger partial charge in [-0.25, -0.2) is 15.0 Å². The lowest BCUT2D eigenvalue weighted by Gasteiger charge is -2.38. The molecule has 4 rings (SSSR count). The van der Waals surface area contributed by atoms with Gasteiger partial charge in [0.05, 0.1) is 32.1 Å². The van der Waals surface area contributed by atoms with E-state index in [1.54, 1.807) is 10.9 Å². The first kappa shape index (κ1) is 19.0. The highest BCUT2D eigenvalue weighted by Crippen LogP contribution is 2.21. The van der Waals surface area contributed by atoms with Crippen molar-refractivity contribution < 1.29 is 19.7 Å². The summed E-state index contributed by atoms with van der Waals surface area (Å²) in [4.78, 5) is 26.4. The molecule has 2 aliphatic heterocycles. The Balaban J connectivity index is 1.37. The molecule has 0 saturated carbocycles. The summed E-state index contributed by atoms with van der Waals surface area (Å²) in [5.74, 6) is 0.103. The van der Waals surface area contributed by atoms with E-state index in [2.05, 4.69) is 25.2 Å². The second-order valence-electron chi connectivity index (χ2n) is 7.34. The summed E-state index contributed by atoms with van der Waals surface area (Å²) in [6.07, 6.45) is 2.09. The van der Waals surface area contributed by atoms with Gasteiger partial charge in [0, 0.05) is 0 Å². The molecular weight excluding hydrogens is 366 g/mol. The van der Waals surface area contributed by atoms with Crippen molar-refractivity contribution in [2.75, 3.05) is 32.0 Å². The Morgan fingerprint density at radius 3 is 2.82 bits per heavy atom.